The van der Waals surface area contributed by atoms with Crippen LogP contribution in [0.5, 0.6) is 0 Å². The molecule has 13 heteroatoms. The third-order valence-corrected chi connectivity index (χ3v) is 8.36. The van der Waals surface area contributed by atoms with E-state index in [9.17, 15) is 31.2 Å². The van der Waals surface area contributed by atoms with Crippen LogP contribution in [0.1, 0.15) is 43.7 Å². The maximum absolute atomic E-state index is 13.6. The summed E-state index contributed by atoms with van der Waals surface area (Å²) in [6.45, 7) is 0.711. The number of rotatable bonds is 9. The van der Waals surface area contributed by atoms with Gasteiger partial charge in [-0.3, -0.25) is 13.9 Å². The second-order valence-electron chi connectivity index (χ2n) is 9.25. The zero-order valence-corrected chi connectivity index (χ0v) is 23.9. The first kappa shape index (κ1) is 30.2. The summed E-state index contributed by atoms with van der Waals surface area (Å²) in [5, 5.41) is 2.34. The van der Waals surface area contributed by atoms with Gasteiger partial charge in [-0.25, -0.2) is 8.42 Å². The van der Waals surface area contributed by atoms with Gasteiger partial charge in [-0.2, -0.15) is 13.2 Å². The first-order valence-corrected chi connectivity index (χ1v) is 14.9. The Kier molecular flexibility index (Phi) is 9.75. The van der Waals surface area contributed by atoms with Gasteiger partial charge in [0, 0.05) is 17.1 Å². The van der Waals surface area contributed by atoms with E-state index < -0.39 is 45.3 Å². The van der Waals surface area contributed by atoms with Gasteiger partial charge in [0.2, 0.25) is 21.8 Å². The van der Waals surface area contributed by atoms with Crippen LogP contribution in [0.2, 0.25) is 5.02 Å². The van der Waals surface area contributed by atoms with Crippen molar-refractivity contribution in [3.8, 4) is 0 Å². The highest BCUT2D eigenvalue weighted by atomic mass is 79.9. The van der Waals surface area contributed by atoms with Crippen molar-refractivity contribution in [3.63, 3.8) is 0 Å². The molecule has 1 aliphatic carbocycles. The SMILES string of the molecule is C[C@@H](C(=O)NC1CCCC1)N(Cc1ccc(Br)cc1)C(=O)CN(c1ccc(Cl)c(C(F)(F)F)c1)S(C)(=O)=O. The number of alkyl halides is 3. The summed E-state index contributed by atoms with van der Waals surface area (Å²) >= 11 is 9.03. The van der Waals surface area contributed by atoms with E-state index >= 15 is 0 Å². The number of nitrogens with one attached hydrogen (secondary N) is 1. The number of sulfonamides is 1. The maximum Gasteiger partial charge on any atom is 0.417 e. The van der Waals surface area contributed by atoms with Crippen LogP contribution in [-0.4, -0.2) is 50.0 Å². The van der Waals surface area contributed by atoms with Gasteiger partial charge in [-0.05, 0) is 55.7 Å². The number of carbonyl (C=O) groups is 2. The molecule has 0 aromatic heterocycles. The van der Waals surface area contributed by atoms with Gasteiger partial charge in [0.1, 0.15) is 12.6 Å². The first-order chi connectivity index (χ1) is 17.7. The fourth-order valence-electron chi connectivity index (χ4n) is 4.26. The van der Waals surface area contributed by atoms with Crippen LogP contribution >= 0.6 is 27.5 Å². The minimum atomic E-state index is -4.83. The first-order valence-electron chi connectivity index (χ1n) is 11.9. The lowest BCUT2D eigenvalue weighted by Gasteiger charge is -2.32. The van der Waals surface area contributed by atoms with Crippen LogP contribution in [0.15, 0.2) is 46.9 Å². The molecule has 0 unspecified atom stereocenters. The smallest absolute Gasteiger partial charge is 0.352 e. The van der Waals surface area contributed by atoms with E-state index in [-0.39, 0.29) is 24.2 Å². The molecule has 208 valence electrons. The monoisotopic (exact) mass is 637 g/mol. The molecule has 3 rings (SSSR count). The fourth-order valence-corrected chi connectivity index (χ4v) is 5.59. The highest BCUT2D eigenvalue weighted by Crippen LogP contribution is 2.37. The van der Waals surface area contributed by atoms with Gasteiger partial charge in [-0.15, -0.1) is 0 Å². The Hall–Kier alpha value is -2.31. The van der Waals surface area contributed by atoms with Gasteiger partial charge in [0.05, 0.1) is 22.5 Å². The van der Waals surface area contributed by atoms with Gasteiger partial charge in [0.15, 0.2) is 0 Å². The van der Waals surface area contributed by atoms with Crippen molar-refractivity contribution in [2.24, 2.45) is 0 Å². The number of anilines is 1. The van der Waals surface area contributed by atoms with Crippen LogP contribution in [0.3, 0.4) is 0 Å². The molecule has 2 aromatic rings. The van der Waals surface area contributed by atoms with E-state index in [1.54, 1.807) is 24.3 Å². The van der Waals surface area contributed by atoms with Gasteiger partial charge in [0.25, 0.3) is 0 Å². The molecular weight excluding hydrogens is 611 g/mol. The molecule has 0 aliphatic heterocycles. The van der Waals surface area contributed by atoms with Crippen LogP contribution in [0.25, 0.3) is 0 Å². The van der Waals surface area contributed by atoms with Crippen molar-refractivity contribution < 1.29 is 31.2 Å². The van der Waals surface area contributed by atoms with Crippen molar-refractivity contribution >= 4 is 55.1 Å². The number of nitrogens with zero attached hydrogens (tertiary/aromatic N) is 2. The Morgan fingerprint density at radius 1 is 1.13 bits per heavy atom. The molecule has 1 fully saturated rings. The summed E-state index contributed by atoms with van der Waals surface area (Å²) in [6.07, 6.45) is -0.396. The molecule has 38 heavy (non-hydrogen) atoms. The summed E-state index contributed by atoms with van der Waals surface area (Å²) in [4.78, 5) is 27.8. The van der Waals surface area contributed by atoms with E-state index in [0.717, 1.165) is 48.5 Å². The van der Waals surface area contributed by atoms with Gasteiger partial charge in [-0.1, -0.05) is 52.5 Å². The molecule has 1 atom stereocenters. The number of benzene rings is 2. The minimum Gasteiger partial charge on any atom is -0.352 e. The third kappa shape index (κ3) is 7.86. The van der Waals surface area contributed by atoms with Crippen molar-refractivity contribution in [2.75, 3.05) is 17.1 Å². The number of hydrogen-bond donors (Lipinski definition) is 1. The van der Waals surface area contributed by atoms with Gasteiger partial charge >= 0.3 is 6.18 Å². The van der Waals surface area contributed by atoms with E-state index in [1.165, 1.54) is 11.8 Å². The van der Waals surface area contributed by atoms with E-state index in [2.05, 4.69) is 21.2 Å². The quantitative estimate of drug-likeness (QED) is 0.401. The largest absolute Gasteiger partial charge is 0.417 e. The summed E-state index contributed by atoms with van der Waals surface area (Å²) < 4.78 is 66.9. The predicted octanol–water partition coefficient (Wildman–Crippen LogP) is 5.36. The van der Waals surface area contributed by atoms with Crippen LogP contribution in [0, 0.1) is 0 Å². The number of amides is 2. The lowest BCUT2D eigenvalue weighted by Crippen LogP contribution is -2.52. The molecule has 1 aliphatic rings. The van der Waals surface area contributed by atoms with Crippen LogP contribution in [0.4, 0.5) is 18.9 Å². The highest BCUT2D eigenvalue weighted by Gasteiger charge is 2.36. The Morgan fingerprint density at radius 2 is 1.74 bits per heavy atom. The summed E-state index contributed by atoms with van der Waals surface area (Å²) in [7, 11) is -4.20. The Morgan fingerprint density at radius 3 is 2.29 bits per heavy atom. The van der Waals surface area contributed by atoms with E-state index in [1.807, 2.05) is 0 Å². The molecule has 1 N–H and O–H groups in total. The second kappa shape index (κ2) is 12.3. The van der Waals surface area contributed by atoms with Crippen molar-refractivity contribution in [2.45, 2.75) is 57.4 Å². The zero-order chi connectivity index (χ0) is 28.3. The van der Waals surface area contributed by atoms with Crippen molar-refractivity contribution in [1.82, 2.24) is 10.2 Å². The number of hydrogen-bond acceptors (Lipinski definition) is 4. The molecule has 2 aromatic carbocycles. The van der Waals surface area contributed by atoms with E-state index in [0.29, 0.717) is 15.9 Å². The average molecular weight is 639 g/mol. The zero-order valence-electron chi connectivity index (χ0n) is 20.8. The Balaban J connectivity index is 1.93. The molecule has 1 saturated carbocycles. The summed E-state index contributed by atoms with van der Waals surface area (Å²) in [5.41, 5.74) is -0.920. The maximum atomic E-state index is 13.6. The Labute approximate surface area is 233 Å². The number of carbonyl (C=O) groups excluding carboxylic acids is 2. The molecular formula is C25H28BrClF3N3O4S. The molecule has 0 saturated heterocycles. The van der Waals surface area contributed by atoms with Crippen molar-refractivity contribution in [3.05, 3.63) is 63.1 Å². The highest BCUT2D eigenvalue weighted by molar-refractivity contribution is 9.10. The Bertz CT molecular complexity index is 1270. The summed E-state index contributed by atoms with van der Waals surface area (Å²) in [6, 6.07) is 8.66. The predicted molar refractivity (Wildman–Crippen MR) is 143 cm³/mol. The van der Waals surface area contributed by atoms with Crippen LogP contribution < -0.4 is 9.62 Å². The normalized spacial score (nSPS) is 15.2. The molecule has 0 spiro atoms. The number of halogens is 5. The van der Waals surface area contributed by atoms with Gasteiger partial charge < -0.3 is 10.2 Å². The van der Waals surface area contributed by atoms with Crippen molar-refractivity contribution in [1.29, 1.82) is 0 Å². The average Bonchev–Trinajstić information content (AvgIpc) is 3.33. The van der Waals surface area contributed by atoms with Crippen LogP contribution in [-0.2, 0) is 32.3 Å². The molecule has 0 bridgehead atoms. The molecule has 2 amide bonds. The third-order valence-electron chi connectivity index (χ3n) is 6.36. The fraction of sp³-hybridized carbons (Fsp3) is 0.440. The molecule has 7 nitrogen and oxygen atoms in total. The van der Waals surface area contributed by atoms with E-state index in [4.69, 9.17) is 11.6 Å². The lowest BCUT2D eigenvalue weighted by molar-refractivity contribution is -0.139. The molecule has 0 heterocycles. The standard InChI is InChI=1S/C25H28BrClF3N3O4S/c1-16(24(35)31-19-5-3-4-6-19)32(14-17-7-9-18(26)10-8-17)23(34)15-33(38(2,36)37)20-11-12-22(27)21(13-20)25(28,29)30/h7-13,16,19H,3-6,14-15H2,1-2H3,(H,31,35)/t16-/m0/s1. The second-order valence-corrected chi connectivity index (χ2v) is 12.5. The molecule has 0 radical (unpaired) electrons. The minimum absolute atomic E-state index is 0.00282. The lowest BCUT2D eigenvalue weighted by atomic mass is 10.1. The topological polar surface area (TPSA) is 86.8 Å². The summed E-state index contributed by atoms with van der Waals surface area (Å²) in [5.74, 6) is -1.14.